The van der Waals surface area contributed by atoms with E-state index in [9.17, 15) is 22.4 Å². The van der Waals surface area contributed by atoms with Crippen LogP contribution in [-0.2, 0) is 14.8 Å². The van der Waals surface area contributed by atoms with Crippen molar-refractivity contribution in [2.24, 2.45) is 0 Å². The molecule has 0 unspecified atom stereocenters. The fourth-order valence-corrected chi connectivity index (χ4v) is 4.79. The van der Waals surface area contributed by atoms with Crippen LogP contribution in [-0.4, -0.2) is 51.2 Å². The van der Waals surface area contributed by atoms with Gasteiger partial charge in [-0.15, -0.1) is 0 Å². The van der Waals surface area contributed by atoms with Gasteiger partial charge in [0.05, 0.1) is 18.9 Å². The van der Waals surface area contributed by atoms with Crippen molar-refractivity contribution in [3.8, 4) is 0 Å². The Labute approximate surface area is 166 Å². The maximum Gasteiger partial charge on any atom is 0.268 e. The molecular weight excluding hydrogens is 399 g/mol. The number of carbonyl (C=O) groups excluding carboxylic acids is 2. The lowest BCUT2D eigenvalue weighted by molar-refractivity contribution is 0.0499. The fourth-order valence-electron chi connectivity index (χ4n) is 3.42. The number of allylic oxidation sites excluding steroid dienone is 2. The number of hydrogen-bond donors (Lipinski definition) is 1. The molecule has 1 aliphatic heterocycles. The first-order valence-electron chi connectivity index (χ1n) is 8.92. The van der Waals surface area contributed by atoms with E-state index < -0.39 is 32.3 Å². The minimum Gasteiger partial charge on any atom is -0.378 e. The second-order valence-corrected chi connectivity index (χ2v) is 8.22. The average molecular weight is 416 g/mol. The molecule has 9 heteroatoms. The first kappa shape index (κ1) is 19.3. The molecule has 4 rings (SSSR count). The van der Waals surface area contributed by atoms with Gasteiger partial charge in [0.15, 0.2) is 4.91 Å². The summed E-state index contributed by atoms with van der Waals surface area (Å²) < 4.78 is 47.3. The van der Waals surface area contributed by atoms with Crippen LogP contribution in [0.25, 0.3) is 0 Å². The third-order valence-corrected chi connectivity index (χ3v) is 6.15. The molecule has 2 aromatic rings. The largest absolute Gasteiger partial charge is 0.378 e. The van der Waals surface area contributed by atoms with Gasteiger partial charge in [-0.3, -0.25) is 14.3 Å². The van der Waals surface area contributed by atoms with Crippen molar-refractivity contribution in [2.75, 3.05) is 31.0 Å². The second kappa shape index (κ2) is 7.41. The molecule has 29 heavy (non-hydrogen) atoms. The average Bonchev–Trinajstić information content (AvgIpc) is 2.70. The summed E-state index contributed by atoms with van der Waals surface area (Å²) in [7, 11) is -4.47. The number of halogens is 1. The maximum absolute atomic E-state index is 13.5. The van der Waals surface area contributed by atoms with Gasteiger partial charge in [0.1, 0.15) is 11.5 Å². The number of hydrogen-bond acceptors (Lipinski definition) is 6. The molecule has 7 nitrogen and oxygen atoms in total. The molecule has 2 aromatic carbocycles. The summed E-state index contributed by atoms with van der Waals surface area (Å²) in [5.41, 5.74) is -0.0448. The monoisotopic (exact) mass is 416 g/mol. The third kappa shape index (κ3) is 3.54. The molecule has 1 fully saturated rings. The van der Waals surface area contributed by atoms with Gasteiger partial charge in [0.25, 0.3) is 10.0 Å². The highest BCUT2D eigenvalue weighted by Crippen LogP contribution is 2.32. The first-order chi connectivity index (χ1) is 13.9. The van der Waals surface area contributed by atoms with Crippen LogP contribution < -0.4 is 4.72 Å². The number of Topliss-reactive ketones (excluding diaryl/α,β-unsaturated/α-hetero) is 2. The van der Waals surface area contributed by atoms with Gasteiger partial charge < -0.3 is 9.64 Å². The number of anilines is 1. The van der Waals surface area contributed by atoms with Crippen molar-refractivity contribution in [2.45, 2.75) is 0 Å². The zero-order valence-corrected chi connectivity index (χ0v) is 16.0. The molecule has 0 atom stereocenters. The molecule has 1 aliphatic carbocycles. The Morgan fingerprint density at radius 1 is 0.931 bits per heavy atom. The molecule has 0 bridgehead atoms. The van der Waals surface area contributed by atoms with E-state index in [1.165, 1.54) is 30.3 Å². The number of fused-ring (bicyclic) bond motifs is 1. The Kier molecular flexibility index (Phi) is 4.93. The number of benzene rings is 2. The minimum atomic E-state index is -4.47. The zero-order valence-electron chi connectivity index (χ0n) is 15.2. The molecule has 0 radical (unpaired) electrons. The summed E-state index contributed by atoms with van der Waals surface area (Å²) >= 11 is 0. The number of morpholine rings is 1. The quantitative estimate of drug-likeness (QED) is 0.822. The Morgan fingerprint density at radius 2 is 1.59 bits per heavy atom. The molecule has 1 N–H and O–H groups in total. The van der Waals surface area contributed by atoms with Crippen molar-refractivity contribution in [1.82, 2.24) is 4.90 Å². The number of sulfonamides is 1. The second-order valence-electron chi connectivity index (χ2n) is 6.60. The van der Waals surface area contributed by atoms with Crippen molar-refractivity contribution in [1.29, 1.82) is 0 Å². The number of ether oxygens (including phenoxy) is 1. The van der Waals surface area contributed by atoms with Gasteiger partial charge in [-0.25, -0.2) is 12.8 Å². The van der Waals surface area contributed by atoms with Gasteiger partial charge in [-0.1, -0.05) is 30.3 Å². The fraction of sp³-hybridized carbons (Fsp3) is 0.200. The SMILES string of the molecule is O=C1C(N2CCOCC2)=C(S(=O)(=O)Nc2cccc(F)c2)C(=O)c2ccccc21. The lowest BCUT2D eigenvalue weighted by atomic mass is 9.91. The summed E-state index contributed by atoms with van der Waals surface area (Å²) in [5.74, 6) is -1.95. The van der Waals surface area contributed by atoms with Crippen LogP contribution in [0.2, 0.25) is 0 Å². The number of nitrogens with one attached hydrogen (secondary N) is 1. The smallest absolute Gasteiger partial charge is 0.268 e. The van der Waals surface area contributed by atoms with E-state index in [0.29, 0.717) is 13.2 Å². The topological polar surface area (TPSA) is 92.8 Å². The van der Waals surface area contributed by atoms with Crippen molar-refractivity contribution in [3.05, 3.63) is 76.1 Å². The molecule has 1 heterocycles. The lowest BCUT2D eigenvalue weighted by Gasteiger charge is -2.33. The van der Waals surface area contributed by atoms with Crippen molar-refractivity contribution < 1.29 is 27.1 Å². The lowest BCUT2D eigenvalue weighted by Crippen LogP contribution is -2.43. The van der Waals surface area contributed by atoms with Gasteiger partial charge in [0, 0.05) is 24.2 Å². The van der Waals surface area contributed by atoms with Crippen LogP contribution in [0, 0.1) is 5.82 Å². The van der Waals surface area contributed by atoms with Crippen LogP contribution in [0.5, 0.6) is 0 Å². The molecule has 0 saturated carbocycles. The normalized spacial score (nSPS) is 17.3. The Balaban J connectivity index is 1.87. The van der Waals surface area contributed by atoms with Crippen molar-refractivity contribution >= 4 is 27.3 Å². The van der Waals surface area contributed by atoms with Gasteiger partial charge >= 0.3 is 0 Å². The minimum absolute atomic E-state index is 0.0223. The molecule has 2 aliphatic rings. The first-order valence-corrected chi connectivity index (χ1v) is 10.4. The Morgan fingerprint density at radius 3 is 2.24 bits per heavy atom. The van der Waals surface area contributed by atoms with E-state index in [1.54, 1.807) is 17.0 Å². The highest BCUT2D eigenvalue weighted by atomic mass is 32.2. The molecule has 1 saturated heterocycles. The number of rotatable bonds is 4. The van der Waals surface area contributed by atoms with Crippen LogP contribution in [0.4, 0.5) is 10.1 Å². The standard InChI is InChI=1S/C20H17FN2O5S/c21-13-4-3-5-14(12-13)22-29(26,27)20-17(23-8-10-28-11-9-23)18(24)15-6-1-2-7-16(15)19(20)25/h1-7,12,22H,8-11H2. The van der Waals surface area contributed by atoms with E-state index in [1.807, 2.05) is 0 Å². The van der Waals surface area contributed by atoms with E-state index >= 15 is 0 Å². The predicted molar refractivity (Wildman–Crippen MR) is 103 cm³/mol. The number of ketones is 2. The predicted octanol–water partition coefficient (Wildman–Crippen LogP) is 2.19. The molecule has 0 amide bonds. The molecular formula is C20H17FN2O5S. The molecule has 0 aromatic heterocycles. The number of nitrogens with zero attached hydrogens (tertiary/aromatic N) is 1. The molecule has 150 valence electrons. The van der Waals surface area contributed by atoms with Gasteiger partial charge in [-0.2, -0.15) is 0 Å². The zero-order chi connectivity index (χ0) is 20.6. The van der Waals surface area contributed by atoms with E-state index in [2.05, 4.69) is 4.72 Å². The summed E-state index contributed by atoms with van der Waals surface area (Å²) in [6.45, 7) is 1.15. The van der Waals surface area contributed by atoms with Gasteiger partial charge in [0.2, 0.25) is 11.6 Å². The summed E-state index contributed by atoms with van der Waals surface area (Å²) in [6.07, 6.45) is 0. The Hall–Kier alpha value is -3.04. The van der Waals surface area contributed by atoms with E-state index in [-0.39, 0.29) is 35.6 Å². The number of carbonyl (C=O) groups is 2. The summed E-state index contributed by atoms with van der Waals surface area (Å²) in [4.78, 5) is 27.3. The van der Waals surface area contributed by atoms with Crippen LogP contribution in [0.3, 0.4) is 0 Å². The van der Waals surface area contributed by atoms with E-state index in [4.69, 9.17) is 4.74 Å². The summed E-state index contributed by atoms with van der Waals surface area (Å²) in [6, 6.07) is 11.0. The van der Waals surface area contributed by atoms with Crippen LogP contribution in [0.15, 0.2) is 59.1 Å². The van der Waals surface area contributed by atoms with Crippen LogP contribution in [0.1, 0.15) is 20.7 Å². The molecule has 0 spiro atoms. The van der Waals surface area contributed by atoms with Crippen LogP contribution >= 0.6 is 0 Å². The maximum atomic E-state index is 13.5. The Bertz CT molecular complexity index is 1140. The van der Waals surface area contributed by atoms with E-state index in [0.717, 1.165) is 6.07 Å². The highest BCUT2D eigenvalue weighted by Gasteiger charge is 2.41. The van der Waals surface area contributed by atoms with Gasteiger partial charge in [-0.05, 0) is 18.2 Å². The van der Waals surface area contributed by atoms with Crippen molar-refractivity contribution in [3.63, 3.8) is 0 Å². The highest BCUT2D eigenvalue weighted by molar-refractivity contribution is 7.97. The third-order valence-electron chi connectivity index (χ3n) is 4.73. The summed E-state index contributed by atoms with van der Waals surface area (Å²) in [5, 5.41) is 0.